The lowest BCUT2D eigenvalue weighted by Gasteiger charge is -2.27. The minimum absolute atomic E-state index is 0.302. The van der Waals surface area contributed by atoms with Gasteiger partial charge in [-0.15, -0.1) is 0 Å². The van der Waals surface area contributed by atoms with E-state index in [0.29, 0.717) is 0 Å². The SMILES string of the molecule is Cc1ccccc1C(OC(c1ccccn1)c1ccccc1C)c1ccccn1. The smallest absolute Gasteiger partial charge is 0.126 e. The van der Waals surface area contributed by atoms with Gasteiger partial charge in [0, 0.05) is 12.4 Å². The van der Waals surface area contributed by atoms with E-state index in [4.69, 9.17) is 4.74 Å². The van der Waals surface area contributed by atoms with E-state index in [9.17, 15) is 0 Å². The van der Waals surface area contributed by atoms with Crippen molar-refractivity contribution in [3.63, 3.8) is 0 Å². The van der Waals surface area contributed by atoms with Gasteiger partial charge in [0.25, 0.3) is 0 Å². The van der Waals surface area contributed by atoms with Crippen LogP contribution in [0.1, 0.15) is 45.8 Å². The van der Waals surface area contributed by atoms with Crippen molar-refractivity contribution >= 4 is 0 Å². The Labute approximate surface area is 172 Å². The van der Waals surface area contributed by atoms with E-state index in [2.05, 4.69) is 48.1 Å². The first-order valence-electron chi connectivity index (χ1n) is 9.82. The summed E-state index contributed by atoms with van der Waals surface area (Å²) in [4.78, 5) is 9.23. The maximum absolute atomic E-state index is 6.83. The highest BCUT2D eigenvalue weighted by Gasteiger charge is 2.26. The largest absolute Gasteiger partial charge is 0.353 e. The Morgan fingerprint density at radius 1 is 0.552 bits per heavy atom. The maximum atomic E-state index is 6.83. The molecule has 4 aromatic rings. The van der Waals surface area contributed by atoms with Gasteiger partial charge in [0.15, 0.2) is 0 Å². The summed E-state index contributed by atoms with van der Waals surface area (Å²) in [5.41, 5.74) is 6.34. The molecule has 0 amide bonds. The van der Waals surface area contributed by atoms with Crippen LogP contribution < -0.4 is 0 Å². The van der Waals surface area contributed by atoms with Gasteiger partial charge in [0.1, 0.15) is 12.2 Å². The molecule has 4 rings (SSSR count). The zero-order chi connectivity index (χ0) is 20.1. The average molecular weight is 380 g/mol. The molecule has 29 heavy (non-hydrogen) atoms. The van der Waals surface area contributed by atoms with Gasteiger partial charge in [0.05, 0.1) is 11.4 Å². The van der Waals surface area contributed by atoms with Gasteiger partial charge in [-0.2, -0.15) is 0 Å². The van der Waals surface area contributed by atoms with Crippen LogP contribution in [0, 0.1) is 13.8 Å². The van der Waals surface area contributed by atoms with Crippen molar-refractivity contribution in [1.82, 2.24) is 9.97 Å². The lowest BCUT2D eigenvalue weighted by molar-refractivity contribution is 0.0255. The average Bonchev–Trinajstić information content (AvgIpc) is 2.77. The summed E-state index contributed by atoms with van der Waals surface area (Å²) in [5, 5.41) is 0. The minimum Gasteiger partial charge on any atom is -0.353 e. The van der Waals surface area contributed by atoms with Crippen LogP contribution in [0.15, 0.2) is 97.3 Å². The van der Waals surface area contributed by atoms with Gasteiger partial charge in [-0.3, -0.25) is 9.97 Å². The van der Waals surface area contributed by atoms with E-state index in [0.717, 1.165) is 22.5 Å². The van der Waals surface area contributed by atoms with E-state index in [1.807, 2.05) is 73.1 Å². The Morgan fingerprint density at radius 2 is 0.966 bits per heavy atom. The molecule has 0 aliphatic rings. The van der Waals surface area contributed by atoms with Crippen LogP contribution in [0.2, 0.25) is 0 Å². The fourth-order valence-corrected chi connectivity index (χ4v) is 3.56. The number of ether oxygens (including phenoxy) is 1. The van der Waals surface area contributed by atoms with Crippen LogP contribution in [0.3, 0.4) is 0 Å². The highest BCUT2D eigenvalue weighted by molar-refractivity contribution is 5.36. The molecule has 0 fully saturated rings. The van der Waals surface area contributed by atoms with E-state index in [-0.39, 0.29) is 12.2 Å². The number of hydrogen-bond donors (Lipinski definition) is 0. The van der Waals surface area contributed by atoms with Crippen LogP contribution in [0.4, 0.5) is 0 Å². The number of pyridine rings is 2. The van der Waals surface area contributed by atoms with Crippen molar-refractivity contribution in [3.05, 3.63) is 131 Å². The molecule has 0 saturated heterocycles. The maximum Gasteiger partial charge on any atom is 0.126 e. The second-order valence-corrected chi connectivity index (χ2v) is 7.12. The minimum atomic E-state index is -0.302. The van der Waals surface area contributed by atoms with Crippen LogP contribution in [-0.4, -0.2) is 9.97 Å². The topological polar surface area (TPSA) is 35.0 Å². The van der Waals surface area contributed by atoms with Crippen molar-refractivity contribution in [1.29, 1.82) is 0 Å². The number of benzene rings is 2. The Morgan fingerprint density at radius 3 is 1.34 bits per heavy atom. The van der Waals surface area contributed by atoms with Gasteiger partial charge in [-0.05, 0) is 60.4 Å². The summed E-state index contributed by atoms with van der Waals surface area (Å²) < 4.78 is 6.83. The molecule has 144 valence electrons. The van der Waals surface area contributed by atoms with E-state index >= 15 is 0 Å². The molecule has 0 spiro atoms. The fourth-order valence-electron chi connectivity index (χ4n) is 3.56. The first-order valence-corrected chi connectivity index (χ1v) is 9.82. The number of hydrogen-bond acceptors (Lipinski definition) is 3. The Balaban J connectivity index is 1.83. The van der Waals surface area contributed by atoms with Crippen LogP contribution in [0.25, 0.3) is 0 Å². The predicted molar refractivity (Wildman–Crippen MR) is 116 cm³/mol. The fraction of sp³-hybridized carbons (Fsp3) is 0.154. The zero-order valence-corrected chi connectivity index (χ0v) is 16.7. The molecule has 3 heteroatoms. The summed E-state index contributed by atoms with van der Waals surface area (Å²) in [6, 6.07) is 28.5. The van der Waals surface area contributed by atoms with E-state index in [1.165, 1.54) is 11.1 Å². The molecule has 0 aliphatic heterocycles. The molecule has 2 atom stereocenters. The molecular formula is C26H24N2O. The molecule has 0 aliphatic carbocycles. The number of nitrogens with zero attached hydrogens (tertiary/aromatic N) is 2. The van der Waals surface area contributed by atoms with Gasteiger partial charge >= 0.3 is 0 Å². The standard InChI is InChI=1S/C26H24N2O/c1-19-11-3-5-13-21(19)25(23-15-7-9-17-27-23)29-26(24-16-8-10-18-28-24)22-14-6-4-12-20(22)2/h3-18,25-26H,1-2H3. The highest BCUT2D eigenvalue weighted by Crippen LogP contribution is 2.36. The van der Waals surface area contributed by atoms with Crippen molar-refractivity contribution in [2.24, 2.45) is 0 Å². The van der Waals surface area contributed by atoms with Crippen molar-refractivity contribution < 1.29 is 4.74 Å². The molecule has 2 heterocycles. The second kappa shape index (κ2) is 8.80. The molecule has 0 radical (unpaired) electrons. The summed E-state index contributed by atoms with van der Waals surface area (Å²) >= 11 is 0. The Bertz CT molecular complexity index is 977. The lowest BCUT2D eigenvalue weighted by Crippen LogP contribution is -2.16. The first-order chi connectivity index (χ1) is 14.2. The van der Waals surface area contributed by atoms with Crippen LogP contribution >= 0.6 is 0 Å². The van der Waals surface area contributed by atoms with Crippen molar-refractivity contribution in [2.45, 2.75) is 26.1 Å². The molecule has 2 unspecified atom stereocenters. The Hall–Kier alpha value is -3.30. The molecule has 3 nitrogen and oxygen atoms in total. The quantitative estimate of drug-likeness (QED) is 0.412. The molecule has 2 aromatic heterocycles. The summed E-state index contributed by atoms with van der Waals surface area (Å²) in [7, 11) is 0. The molecular weight excluding hydrogens is 356 g/mol. The van der Waals surface area contributed by atoms with Gasteiger partial charge in [0.2, 0.25) is 0 Å². The lowest BCUT2D eigenvalue weighted by atomic mass is 9.97. The van der Waals surface area contributed by atoms with Crippen LogP contribution in [0.5, 0.6) is 0 Å². The highest BCUT2D eigenvalue weighted by atomic mass is 16.5. The predicted octanol–water partition coefficient (Wildman–Crippen LogP) is 5.99. The van der Waals surface area contributed by atoms with Crippen molar-refractivity contribution in [2.75, 3.05) is 0 Å². The monoisotopic (exact) mass is 380 g/mol. The second-order valence-electron chi connectivity index (χ2n) is 7.12. The summed E-state index contributed by atoms with van der Waals surface area (Å²) in [6.07, 6.45) is 3.02. The third-order valence-corrected chi connectivity index (χ3v) is 5.13. The molecule has 2 aromatic carbocycles. The van der Waals surface area contributed by atoms with E-state index < -0.39 is 0 Å². The number of aromatic nitrogens is 2. The molecule has 0 bridgehead atoms. The van der Waals surface area contributed by atoms with Gasteiger partial charge in [-0.1, -0.05) is 60.7 Å². The summed E-state index contributed by atoms with van der Waals surface area (Å²) in [5.74, 6) is 0. The van der Waals surface area contributed by atoms with Gasteiger partial charge < -0.3 is 4.74 Å². The number of rotatable bonds is 6. The first kappa shape index (κ1) is 19.0. The zero-order valence-electron chi connectivity index (χ0n) is 16.7. The molecule has 0 N–H and O–H groups in total. The Kier molecular flexibility index (Phi) is 5.78. The third-order valence-electron chi connectivity index (χ3n) is 5.13. The third kappa shape index (κ3) is 4.25. The summed E-state index contributed by atoms with van der Waals surface area (Å²) in [6.45, 7) is 4.22. The normalized spacial score (nSPS) is 13.0. The van der Waals surface area contributed by atoms with Gasteiger partial charge in [-0.25, -0.2) is 0 Å². The number of aryl methyl sites for hydroxylation is 2. The van der Waals surface area contributed by atoms with Crippen molar-refractivity contribution in [3.8, 4) is 0 Å². The molecule has 0 saturated carbocycles. The van der Waals surface area contributed by atoms with Crippen LogP contribution in [-0.2, 0) is 4.74 Å². The van der Waals surface area contributed by atoms with E-state index in [1.54, 1.807) is 0 Å².